The summed E-state index contributed by atoms with van der Waals surface area (Å²) in [5.74, 6) is -0.182. The fourth-order valence-electron chi connectivity index (χ4n) is 5.59. The number of nitrogens with zero attached hydrogens (tertiary/aromatic N) is 1. The van der Waals surface area contributed by atoms with Crippen LogP contribution in [0.15, 0.2) is 103 Å². The van der Waals surface area contributed by atoms with Gasteiger partial charge in [-0.3, -0.25) is 0 Å². The molecule has 7 rings (SSSR count). The minimum absolute atomic E-state index is 0.182. The highest BCUT2D eigenvalue weighted by Crippen LogP contribution is 2.47. The van der Waals surface area contributed by atoms with Crippen molar-refractivity contribution in [1.29, 1.82) is 0 Å². The van der Waals surface area contributed by atoms with Crippen LogP contribution in [0.2, 0.25) is 0 Å². The van der Waals surface area contributed by atoms with Crippen LogP contribution in [0.5, 0.6) is 0 Å². The second-order valence-corrected chi connectivity index (χ2v) is 10.4. The number of aromatic nitrogens is 1. The summed E-state index contributed by atoms with van der Waals surface area (Å²) in [7, 11) is 2.08. The Kier molecular flexibility index (Phi) is 4.70. The first-order chi connectivity index (χ1) is 17.6. The highest BCUT2D eigenvalue weighted by Gasteiger charge is 2.22. The molecule has 2 heterocycles. The van der Waals surface area contributed by atoms with E-state index in [0.29, 0.717) is 5.56 Å². The molecule has 3 heteroatoms. The van der Waals surface area contributed by atoms with E-state index in [2.05, 4.69) is 91.5 Å². The predicted octanol–water partition coefficient (Wildman–Crippen LogP) is 8.97. The first-order valence-electron chi connectivity index (χ1n) is 12.1. The molecule has 2 aromatic heterocycles. The molecular formula is C33H23FNS+. The lowest BCUT2D eigenvalue weighted by Crippen LogP contribution is -2.30. The molecule has 0 bridgehead atoms. The molecule has 0 amide bonds. The Morgan fingerprint density at radius 2 is 1.31 bits per heavy atom. The van der Waals surface area contributed by atoms with E-state index >= 15 is 4.39 Å². The number of thiophene rings is 1. The summed E-state index contributed by atoms with van der Waals surface area (Å²) in [6, 6.07) is 33.1. The Labute approximate surface area is 212 Å². The molecule has 0 atom stereocenters. The lowest BCUT2D eigenvalue weighted by atomic mass is 9.92. The number of hydrogen-bond donors (Lipinski definition) is 0. The Morgan fingerprint density at radius 3 is 2.11 bits per heavy atom. The van der Waals surface area contributed by atoms with E-state index in [-0.39, 0.29) is 5.82 Å². The van der Waals surface area contributed by atoms with Crippen molar-refractivity contribution < 1.29 is 8.96 Å². The molecule has 1 nitrogen and oxygen atoms in total. The molecule has 0 saturated heterocycles. The van der Waals surface area contributed by atoms with Gasteiger partial charge in [0.05, 0.1) is 5.56 Å². The van der Waals surface area contributed by atoms with Gasteiger partial charge in [-0.2, -0.15) is 0 Å². The Bertz CT molecular complexity index is 1980. The topological polar surface area (TPSA) is 3.88 Å². The number of aryl methyl sites for hydroxylation is 2. The third-order valence-electron chi connectivity index (χ3n) is 7.32. The first kappa shape index (κ1) is 21.2. The molecule has 0 aliphatic rings. The van der Waals surface area contributed by atoms with E-state index in [1.165, 1.54) is 26.6 Å². The number of rotatable bonds is 2. The lowest BCUT2D eigenvalue weighted by Gasteiger charge is -2.12. The van der Waals surface area contributed by atoms with Crippen LogP contribution in [0.4, 0.5) is 4.39 Å². The fraction of sp³-hybridized carbons (Fsp3) is 0.0606. The minimum Gasteiger partial charge on any atom is -0.206 e. The van der Waals surface area contributed by atoms with Crippen LogP contribution in [-0.4, -0.2) is 0 Å². The summed E-state index contributed by atoms with van der Waals surface area (Å²) >= 11 is 1.70. The lowest BCUT2D eigenvalue weighted by molar-refractivity contribution is -0.660. The molecule has 0 saturated carbocycles. The van der Waals surface area contributed by atoms with Crippen LogP contribution >= 0.6 is 11.3 Å². The molecule has 0 fully saturated rings. The van der Waals surface area contributed by atoms with Crippen LogP contribution in [0.1, 0.15) is 5.56 Å². The third kappa shape index (κ3) is 3.03. The summed E-state index contributed by atoms with van der Waals surface area (Å²) in [5.41, 5.74) is 5.23. The monoisotopic (exact) mass is 484 g/mol. The maximum Gasteiger partial charge on any atom is 0.213 e. The summed E-state index contributed by atoms with van der Waals surface area (Å²) in [5, 5.41) is 6.81. The van der Waals surface area contributed by atoms with Gasteiger partial charge in [0.25, 0.3) is 0 Å². The Morgan fingerprint density at radius 1 is 0.639 bits per heavy atom. The van der Waals surface area contributed by atoms with Gasteiger partial charge in [-0.25, -0.2) is 8.96 Å². The number of halogens is 1. The Hall–Kier alpha value is -4.08. The van der Waals surface area contributed by atoms with Crippen LogP contribution in [0, 0.1) is 12.7 Å². The van der Waals surface area contributed by atoms with Gasteiger partial charge in [0.15, 0.2) is 6.20 Å². The molecule has 0 aliphatic heterocycles. The van der Waals surface area contributed by atoms with E-state index in [9.17, 15) is 0 Å². The molecule has 0 radical (unpaired) electrons. The molecule has 0 N–H and O–H groups in total. The highest BCUT2D eigenvalue weighted by atomic mass is 32.1. The maximum atomic E-state index is 15.8. The second kappa shape index (κ2) is 7.97. The van der Waals surface area contributed by atoms with E-state index in [1.54, 1.807) is 17.4 Å². The van der Waals surface area contributed by atoms with E-state index in [4.69, 9.17) is 0 Å². The number of pyridine rings is 1. The van der Waals surface area contributed by atoms with Gasteiger partial charge < -0.3 is 0 Å². The zero-order chi connectivity index (χ0) is 24.4. The van der Waals surface area contributed by atoms with Crippen molar-refractivity contribution in [2.45, 2.75) is 6.92 Å². The zero-order valence-electron chi connectivity index (χ0n) is 20.0. The van der Waals surface area contributed by atoms with Gasteiger partial charge in [0.1, 0.15) is 12.9 Å². The van der Waals surface area contributed by atoms with E-state index < -0.39 is 0 Å². The average Bonchev–Trinajstić information content (AvgIpc) is 3.27. The molecule has 5 aromatic carbocycles. The van der Waals surface area contributed by atoms with Crippen LogP contribution in [0.3, 0.4) is 0 Å². The molecular weight excluding hydrogens is 461 g/mol. The van der Waals surface area contributed by atoms with Crippen molar-refractivity contribution in [3.63, 3.8) is 0 Å². The number of benzene rings is 5. The van der Waals surface area contributed by atoms with Gasteiger partial charge in [0.2, 0.25) is 5.69 Å². The largest absolute Gasteiger partial charge is 0.213 e. The summed E-state index contributed by atoms with van der Waals surface area (Å²) in [4.78, 5) is 0. The molecule has 0 unspecified atom stereocenters. The zero-order valence-corrected chi connectivity index (χ0v) is 20.9. The van der Waals surface area contributed by atoms with Gasteiger partial charge >= 0.3 is 0 Å². The van der Waals surface area contributed by atoms with Crippen molar-refractivity contribution in [2.24, 2.45) is 7.05 Å². The van der Waals surface area contributed by atoms with Gasteiger partial charge in [-0.1, -0.05) is 60.7 Å². The summed E-state index contributed by atoms with van der Waals surface area (Å²) in [6.07, 6.45) is 2.08. The summed E-state index contributed by atoms with van der Waals surface area (Å²) in [6.45, 7) is 2.16. The van der Waals surface area contributed by atoms with Crippen LogP contribution in [-0.2, 0) is 7.05 Å². The van der Waals surface area contributed by atoms with Crippen LogP contribution in [0.25, 0.3) is 64.1 Å². The highest BCUT2D eigenvalue weighted by molar-refractivity contribution is 7.26. The molecule has 7 aromatic rings. The SMILES string of the molecule is Cc1ccc2c(sc3c(-c4cc5ccccc5c5ccccc45)c(F)ccc32)c1-c1cccc[n+]1C. The maximum absolute atomic E-state index is 15.8. The van der Waals surface area contributed by atoms with Crippen molar-refractivity contribution in [3.8, 4) is 22.4 Å². The fourth-order valence-corrected chi connectivity index (χ4v) is 7.05. The predicted molar refractivity (Wildman–Crippen MR) is 151 cm³/mol. The van der Waals surface area contributed by atoms with Gasteiger partial charge in [0, 0.05) is 37.9 Å². The number of fused-ring (bicyclic) bond motifs is 6. The number of hydrogen-bond acceptors (Lipinski definition) is 1. The van der Waals surface area contributed by atoms with Crippen molar-refractivity contribution in [1.82, 2.24) is 0 Å². The standard InChI is InChI=1S/C33H23FNS/c1-20-14-15-25-26-16-17-28(34)31(33(26)36-32(25)30(20)29-13-7-8-18-35(29)2)27-19-21-9-3-4-10-22(21)23-11-5-6-12-24(23)27/h3-19H,1-2H3/q+1. The van der Waals surface area contributed by atoms with Crippen molar-refractivity contribution >= 4 is 53.1 Å². The molecule has 172 valence electrons. The molecule has 36 heavy (non-hydrogen) atoms. The van der Waals surface area contributed by atoms with E-state index in [1.807, 2.05) is 24.3 Å². The van der Waals surface area contributed by atoms with Crippen LogP contribution < -0.4 is 4.57 Å². The Balaban J connectivity index is 1.63. The molecule has 0 aliphatic carbocycles. The van der Waals surface area contributed by atoms with Gasteiger partial charge in [-0.05, 0) is 63.9 Å². The smallest absolute Gasteiger partial charge is 0.206 e. The quantitative estimate of drug-likeness (QED) is 0.170. The minimum atomic E-state index is -0.182. The normalized spacial score (nSPS) is 11.8. The second-order valence-electron chi connectivity index (χ2n) is 9.42. The third-order valence-corrected chi connectivity index (χ3v) is 8.57. The molecule has 0 spiro atoms. The van der Waals surface area contributed by atoms with Crippen molar-refractivity contribution in [3.05, 3.63) is 115 Å². The summed E-state index contributed by atoms with van der Waals surface area (Å²) < 4.78 is 20.2. The van der Waals surface area contributed by atoms with E-state index in [0.717, 1.165) is 37.5 Å². The average molecular weight is 485 g/mol. The van der Waals surface area contributed by atoms with Gasteiger partial charge in [-0.15, -0.1) is 11.3 Å². The van der Waals surface area contributed by atoms with Crippen molar-refractivity contribution in [2.75, 3.05) is 0 Å². The first-order valence-corrected chi connectivity index (χ1v) is 12.9.